The Morgan fingerprint density at radius 3 is 2.27 bits per heavy atom. The van der Waals surface area contributed by atoms with Gasteiger partial charge < -0.3 is 16.0 Å². The molecule has 0 aromatic heterocycles. The molecule has 3 N–H and O–H groups in total. The first-order chi connectivity index (χ1) is 10.5. The van der Waals surface area contributed by atoms with Crippen molar-refractivity contribution in [3.63, 3.8) is 0 Å². The van der Waals surface area contributed by atoms with E-state index in [2.05, 4.69) is 16.0 Å². The Morgan fingerprint density at radius 1 is 0.955 bits per heavy atom. The van der Waals surface area contributed by atoms with Crippen LogP contribution in [0.1, 0.15) is 24.2 Å². The second-order valence-electron chi connectivity index (χ2n) is 5.15. The van der Waals surface area contributed by atoms with E-state index in [4.69, 9.17) is 12.2 Å². The van der Waals surface area contributed by atoms with E-state index in [1.807, 2.05) is 56.3 Å². The van der Waals surface area contributed by atoms with Gasteiger partial charge in [0.05, 0.1) is 0 Å². The third-order valence-corrected chi connectivity index (χ3v) is 3.04. The number of hydrogen-bond acceptors (Lipinski definition) is 2. The number of para-hydroxylation sites is 1. The SMILES string of the molecule is CC(C)NC(=O)c1cccc(NC(=S)Nc2ccccc2)c1. The minimum atomic E-state index is -0.0967. The van der Waals surface area contributed by atoms with Crippen molar-refractivity contribution in [2.75, 3.05) is 10.6 Å². The zero-order chi connectivity index (χ0) is 15.9. The average molecular weight is 313 g/mol. The number of nitrogens with one attached hydrogen (secondary N) is 3. The molecular formula is C17H19N3OS. The molecule has 0 spiro atoms. The van der Waals surface area contributed by atoms with Gasteiger partial charge in [0.2, 0.25) is 0 Å². The molecule has 2 rings (SSSR count). The van der Waals surface area contributed by atoms with Gasteiger partial charge in [0.15, 0.2) is 5.11 Å². The molecule has 0 bridgehead atoms. The van der Waals surface area contributed by atoms with Crippen molar-refractivity contribution in [1.82, 2.24) is 5.32 Å². The van der Waals surface area contributed by atoms with Gasteiger partial charge in [-0.3, -0.25) is 4.79 Å². The van der Waals surface area contributed by atoms with Crippen LogP contribution in [0.2, 0.25) is 0 Å². The summed E-state index contributed by atoms with van der Waals surface area (Å²) in [4.78, 5) is 12.0. The molecular weight excluding hydrogens is 294 g/mol. The summed E-state index contributed by atoms with van der Waals surface area (Å²) >= 11 is 5.27. The molecule has 0 aliphatic heterocycles. The lowest BCUT2D eigenvalue weighted by atomic mass is 10.2. The quantitative estimate of drug-likeness (QED) is 0.755. The molecule has 4 nitrogen and oxygen atoms in total. The lowest BCUT2D eigenvalue weighted by Crippen LogP contribution is -2.30. The predicted octanol–water partition coefficient (Wildman–Crippen LogP) is 3.63. The lowest BCUT2D eigenvalue weighted by Gasteiger charge is -2.12. The molecule has 0 unspecified atom stereocenters. The van der Waals surface area contributed by atoms with Gasteiger partial charge in [0, 0.05) is 23.0 Å². The molecule has 114 valence electrons. The van der Waals surface area contributed by atoms with Gasteiger partial charge in [0.25, 0.3) is 5.91 Å². The van der Waals surface area contributed by atoms with Crippen molar-refractivity contribution in [2.24, 2.45) is 0 Å². The summed E-state index contributed by atoms with van der Waals surface area (Å²) in [7, 11) is 0. The summed E-state index contributed by atoms with van der Waals surface area (Å²) in [5.41, 5.74) is 2.28. The maximum atomic E-state index is 12.0. The normalized spacial score (nSPS) is 10.1. The average Bonchev–Trinajstić information content (AvgIpc) is 2.47. The van der Waals surface area contributed by atoms with E-state index in [0.717, 1.165) is 11.4 Å². The van der Waals surface area contributed by atoms with Gasteiger partial charge in [-0.05, 0) is 56.4 Å². The van der Waals surface area contributed by atoms with Crippen molar-refractivity contribution >= 4 is 34.6 Å². The smallest absolute Gasteiger partial charge is 0.251 e. The van der Waals surface area contributed by atoms with Crippen LogP contribution in [0.25, 0.3) is 0 Å². The van der Waals surface area contributed by atoms with Crippen molar-refractivity contribution in [3.8, 4) is 0 Å². The van der Waals surface area contributed by atoms with Gasteiger partial charge >= 0.3 is 0 Å². The molecule has 0 radical (unpaired) electrons. The van der Waals surface area contributed by atoms with Crippen molar-refractivity contribution < 1.29 is 4.79 Å². The topological polar surface area (TPSA) is 53.2 Å². The zero-order valence-corrected chi connectivity index (χ0v) is 13.4. The standard InChI is InChI=1S/C17H19N3OS/c1-12(2)18-16(21)13-7-6-10-15(11-13)20-17(22)19-14-8-4-3-5-9-14/h3-12H,1-2H3,(H,18,21)(H2,19,20,22). The van der Waals surface area contributed by atoms with E-state index < -0.39 is 0 Å². The molecule has 0 aliphatic rings. The van der Waals surface area contributed by atoms with Crippen molar-refractivity contribution in [2.45, 2.75) is 19.9 Å². The second kappa shape index (κ2) is 7.56. The molecule has 22 heavy (non-hydrogen) atoms. The molecule has 0 atom stereocenters. The molecule has 1 amide bonds. The van der Waals surface area contributed by atoms with Gasteiger partial charge in [-0.25, -0.2) is 0 Å². The van der Waals surface area contributed by atoms with Gasteiger partial charge in [-0.15, -0.1) is 0 Å². The van der Waals surface area contributed by atoms with E-state index in [9.17, 15) is 4.79 Å². The van der Waals surface area contributed by atoms with Crippen LogP contribution in [0.15, 0.2) is 54.6 Å². The van der Waals surface area contributed by atoms with Crippen LogP contribution >= 0.6 is 12.2 Å². The number of hydrogen-bond donors (Lipinski definition) is 3. The van der Waals surface area contributed by atoms with Crippen LogP contribution in [0, 0.1) is 0 Å². The van der Waals surface area contributed by atoms with Crippen LogP contribution in [0.4, 0.5) is 11.4 Å². The van der Waals surface area contributed by atoms with Crippen LogP contribution in [-0.4, -0.2) is 17.1 Å². The highest BCUT2D eigenvalue weighted by molar-refractivity contribution is 7.80. The second-order valence-corrected chi connectivity index (χ2v) is 5.56. The summed E-state index contributed by atoms with van der Waals surface area (Å²) < 4.78 is 0. The fraction of sp³-hybridized carbons (Fsp3) is 0.176. The Labute approximate surface area is 135 Å². The van der Waals surface area contributed by atoms with Crippen molar-refractivity contribution in [3.05, 3.63) is 60.2 Å². The molecule has 2 aromatic rings. The summed E-state index contributed by atoms with van der Waals surface area (Å²) in [6.07, 6.45) is 0. The van der Waals surface area contributed by atoms with Crippen LogP contribution in [-0.2, 0) is 0 Å². The first-order valence-corrected chi connectivity index (χ1v) is 7.49. The summed E-state index contributed by atoms with van der Waals surface area (Å²) in [6.45, 7) is 3.86. The summed E-state index contributed by atoms with van der Waals surface area (Å²) in [5.74, 6) is -0.0967. The molecule has 0 saturated carbocycles. The van der Waals surface area contributed by atoms with Crippen LogP contribution in [0.3, 0.4) is 0 Å². The van der Waals surface area contributed by atoms with Gasteiger partial charge in [-0.2, -0.15) is 0 Å². The highest BCUT2D eigenvalue weighted by Gasteiger charge is 2.08. The highest BCUT2D eigenvalue weighted by Crippen LogP contribution is 2.12. The Kier molecular flexibility index (Phi) is 5.49. The summed E-state index contributed by atoms with van der Waals surface area (Å²) in [5, 5.41) is 9.51. The minimum Gasteiger partial charge on any atom is -0.350 e. The molecule has 0 aliphatic carbocycles. The number of rotatable bonds is 4. The Hall–Kier alpha value is -2.40. The fourth-order valence-corrected chi connectivity index (χ4v) is 2.13. The molecule has 0 saturated heterocycles. The third-order valence-electron chi connectivity index (χ3n) is 2.83. The number of thiocarbonyl (C=S) groups is 1. The largest absolute Gasteiger partial charge is 0.350 e. The van der Waals surface area contributed by atoms with E-state index >= 15 is 0 Å². The Balaban J connectivity index is 2.01. The number of amides is 1. The predicted molar refractivity (Wildman–Crippen MR) is 95.3 cm³/mol. The van der Waals surface area contributed by atoms with Crippen LogP contribution < -0.4 is 16.0 Å². The highest BCUT2D eigenvalue weighted by atomic mass is 32.1. The maximum Gasteiger partial charge on any atom is 0.251 e. The van der Waals surface area contributed by atoms with Gasteiger partial charge in [-0.1, -0.05) is 24.3 Å². The lowest BCUT2D eigenvalue weighted by molar-refractivity contribution is 0.0943. The van der Waals surface area contributed by atoms with E-state index in [0.29, 0.717) is 10.7 Å². The Morgan fingerprint density at radius 2 is 1.59 bits per heavy atom. The Bertz CT molecular complexity index is 656. The third kappa shape index (κ3) is 4.86. The van der Waals surface area contributed by atoms with E-state index in [1.165, 1.54) is 0 Å². The fourth-order valence-electron chi connectivity index (χ4n) is 1.90. The molecule has 0 fully saturated rings. The first kappa shape index (κ1) is 16.0. The maximum absolute atomic E-state index is 12.0. The zero-order valence-electron chi connectivity index (χ0n) is 12.6. The molecule has 5 heteroatoms. The number of carbonyl (C=O) groups is 1. The van der Waals surface area contributed by atoms with E-state index in [-0.39, 0.29) is 11.9 Å². The van der Waals surface area contributed by atoms with Gasteiger partial charge in [0.1, 0.15) is 0 Å². The number of anilines is 2. The summed E-state index contributed by atoms with van der Waals surface area (Å²) in [6, 6.07) is 17.0. The number of benzene rings is 2. The monoisotopic (exact) mass is 313 g/mol. The molecule has 2 aromatic carbocycles. The van der Waals surface area contributed by atoms with Crippen LogP contribution in [0.5, 0.6) is 0 Å². The molecule has 0 heterocycles. The minimum absolute atomic E-state index is 0.0967. The first-order valence-electron chi connectivity index (χ1n) is 7.08. The van der Waals surface area contributed by atoms with Crippen molar-refractivity contribution in [1.29, 1.82) is 0 Å². The number of carbonyl (C=O) groups excluding carboxylic acids is 1. The van der Waals surface area contributed by atoms with E-state index in [1.54, 1.807) is 12.1 Å².